The second kappa shape index (κ2) is 4.19. The van der Waals surface area contributed by atoms with Crippen LogP contribution in [0.2, 0.25) is 0 Å². The van der Waals surface area contributed by atoms with Gasteiger partial charge < -0.3 is 5.32 Å². The predicted octanol–water partition coefficient (Wildman–Crippen LogP) is 2.25. The molecule has 0 aromatic heterocycles. The first-order chi connectivity index (χ1) is 7.02. The van der Waals surface area contributed by atoms with Crippen LogP contribution in [0.15, 0.2) is 22.9 Å². The Bertz CT molecular complexity index is 384. The van der Waals surface area contributed by atoms with Crippen LogP contribution in [0.5, 0.6) is 0 Å². The van der Waals surface area contributed by atoms with Crippen LogP contribution in [0.25, 0.3) is 0 Å². The second-order valence-electron chi connectivity index (χ2n) is 4.56. The highest BCUT2D eigenvalue weighted by molar-refractivity contribution is 5.47. The smallest absolute Gasteiger partial charge is 0.132 e. The van der Waals surface area contributed by atoms with Crippen LogP contribution in [0.4, 0.5) is 0 Å². The molecule has 0 aromatic carbocycles. The van der Waals surface area contributed by atoms with E-state index in [1.165, 1.54) is 0 Å². The van der Waals surface area contributed by atoms with Crippen molar-refractivity contribution in [1.82, 2.24) is 5.32 Å². The van der Waals surface area contributed by atoms with Crippen molar-refractivity contribution in [3.8, 4) is 12.1 Å². The number of nitrogens with zero attached hydrogens (tertiary/aromatic N) is 2. The maximum atomic E-state index is 8.83. The maximum Gasteiger partial charge on any atom is 0.132 e. The van der Waals surface area contributed by atoms with Crippen LogP contribution < -0.4 is 5.32 Å². The van der Waals surface area contributed by atoms with E-state index in [9.17, 15) is 0 Å². The van der Waals surface area contributed by atoms with E-state index in [4.69, 9.17) is 10.5 Å². The van der Waals surface area contributed by atoms with E-state index in [1.807, 2.05) is 25.3 Å². The molecular formula is C12H15N3. The molecule has 0 saturated carbocycles. The molecular weight excluding hydrogens is 186 g/mol. The summed E-state index contributed by atoms with van der Waals surface area (Å²) in [6.07, 6.45) is 3.67. The topological polar surface area (TPSA) is 59.6 Å². The van der Waals surface area contributed by atoms with Crippen LogP contribution in [-0.2, 0) is 0 Å². The van der Waals surface area contributed by atoms with Gasteiger partial charge in [0.2, 0.25) is 0 Å². The van der Waals surface area contributed by atoms with Crippen molar-refractivity contribution in [1.29, 1.82) is 10.5 Å². The van der Waals surface area contributed by atoms with Gasteiger partial charge >= 0.3 is 0 Å². The summed E-state index contributed by atoms with van der Waals surface area (Å²) >= 11 is 0. The Morgan fingerprint density at radius 3 is 2.40 bits per heavy atom. The highest BCUT2D eigenvalue weighted by atomic mass is 14.8. The third-order valence-electron chi connectivity index (χ3n) is 2.55. The Morgan fingerprint density at radius 2 is 1.93 bits per heavy atom. The van der Waals surface area contributed by atoms with Gasteiger partial charge in [-0.1, -0.05) is 13.8 Å². The van der Waals surface area contributed by atoms with Gasteiger partial charge in [0.25, 0.3) is 0 Å². The predicted molar refractivity (Wildman–Crippen MR) is 58.4 cm³/mol. The van der Waals surface area contributed by atoms with Crippen molar-refractivity contribution in [3.05, 3.63) is 22.9 Å². The fourth-order valence-corrected chi connectivity index (χ4v) is 1.90. The van der Waals surface area contributed by atoms with Gasteiger partial charge in [0, 0.05) is 12.7 Å². The van der Waals surface area contributed by atoms with Gasteiger partial charge in [-0.2, -0.15) is 10.5 Å². The molecule has 15 heavy (non-hydrogen) atoms. The van der Waals surface area contributed by atoms with Gasteiger partial charge in [-0.15, -0.1) is 0 Å². The van der Waals surface area contributed by atoms with Crippen molar-refractivity contribution >= 4 is 0 Å². The average Bonchev–Trinajstić information content (AvgIpc) is 2.17. The molecule has 0 unspecified atom stereocenters. The third-order valence-corrected chi connectivity index (χ3v) is 2.55. The van der Waals surface area contributed by atoms with Crippen molar-refractivity contribution in [2.75, 3.05) is 7.05 Å². The highest BCUT2D eigenvalue weighted by Gasteiger charge is 2.26. The van der Waals surface area contributed by atoms with Crippen LogP contribution in [0, 0.1) is 28.1 Å². The minimum Gasteiger partial charge on any atom is -0.391 e. The molecule has 78 valence electrons. The van der Waals surface area contributed by atoms with E-state index in [-0.39, 0.29) is 11.0 Å². The van der Waals surface area contributed by atoms with E-state index in [0.29, 0.717) is 0 Å². The number of hydrogen-bond donors (Lipinski definition) is 1. The van der Waals surface area contributed by atoms with Gasteiger partial charge in [-0.05, 0) is 29.9 Å². The Labute approximate surface area is 90.7 Å². The first-order valence-electron chi connectivity index (χ1n) is 4.94. The maximum absolute atomic E-state index is 8.83. The Hall–Kier alpha value is -1.74. The molecule has 0 aromatic rings. The molecule has 0 bridgehead atoms. The fourth-order valence-electron chi connectivity index (χ4n) is 1.90. The van der Waals surface area contributed by atoms with Gasteiger partial charge in [-0.3, -0.25) is 0 Å². The molecule has 1 aliphatic carbocycles. The van der Waals surface area contributed by atoms with Gasteiger partial charge in [0.15, 0.2) is 0 Å². The van der Waals surface area contributed by atoms with Gasteiger partial charge in [0.1, 0.15) is 17.7 Å². The molecule has 1 aliphatic rings. The Balaban J connectivity index is 3.19. The lowest BCUT2D eigenvalue weighted by atomic mass is 9.76. The molecule has 0 radical (unpaired) electrons. The molecule has 0 saturated heterocycles. The van der Waals surface area contributed by atoms with Crippen LogP contribution >= 0.6 is 0 Å². The largest absolute Gasteiger partial charge is 0.391 e. The summed E-state index contributed by atoms with van der Waals surface area (Å²) in [6.45, 7) is 4.29. The van der Waals surface area contributed by atoms with E-state index >= 15 is 0 Å². The summed E-state index contributed by atoms with van der Waals surface area (Å²) < 4.78 is 0. The Morgan fingerprint density at radius 1 is 1.33 bits per heavy atom. The molecule has 3 heteroatoms. The number of allylic oxidation sites excluding steroid dienone is 4. The lowest BCUT2D eigenvalue weighted by Crippen LogP contribution is -2.23. The van der Waals surface area contributed by atoms with E-state index in [0.717, 1.165) is 24.1 Å². The summed E-state index contributed by atoms with van der Waals surface area (Å²) in [5.74, 6) is 0. The van der Waals surface area contributed by atoms with Crippen molar-refractivity contribution in [2.45, 2.75) is 26.7 Å². The normalized spacial score (nSPS) is 18.5. The number of hydrogen-bond acceptors (Lipinski definition) is 3. The molecule has 0 fully saturated rings. The van der Waals surface area contributed by atoms with Crippen LogP contribution in [0.3, 0.4) is 0 Å². The summed E-state index contributed by atoms with van der Waals surface area (Å²) in [4.78, 5) is 0. The average molecular weight is 201 g/mol. The van der Waals surface area contributed by atoms with Crippen molar-refractivity contribution in [3.63, 3.8) is 0 Å². The van der Waals surface area contributed by atoms with Crippen LogP contribution in [0.1, 0.15) is 26.7 Å². The minimum atomic E-state index is 0.112. The highest BCUT2D eigenvalue weighted by Crippen LogP contribution is 2.37. The first kappa shape index (κ1) is 11.3. The molecule has 0 spiro atoms. The van der Waals surface area contributed by atoms with Crippen molar-refractivity contribution in [2.24, 2.45) is 5.41 Å². The number of rotatable bonds is 1. The molecule has 1 N–H and O–H groups in total. The summed E-state index contributed by atoms with van der Waals surface area (Å²) in [5.41, 5.74) is 2.28. The zero-order valence-corrected chi connectivity index (χ0v) is 9.39. The zero-order chi connectivity index (χ0) is 11.5. The third kappa shape index (κ3) is 2.60. The quantitative estimate of drug-likeness (QED) is 0.662. The molecule has 0 aliphatic heterocycles. The molecule has 0 atom stereocenters. The molecule has 0 heterocycles. The van der Waals surface area contributed by atoms with Gasteiger partial charge in [-0.25, -0.2) is 0 Å². The zero-order valence-electron chi connectivity index (χ0n) is 9.39. The Kier molecular flexibility index (Phi) is 3.17. The SMILES string of the molecule is CNC1=CC(=C(C#N)C#N)CC(C)(C)C1. The van der Waals surface area contributed by atoms with E-state index in [2.05, 4.69) is 19.2 Å². The minimum absolute atomic E-state index is 0.112. The molecule has 1 rings (SSSR count). The standard InChI is InChI=1S/C12H15N3/c1-12(2)5-9(10(7-13)8-14)4-11(6-12)15-3/h4,15H,5-6H2,1-3H3. The van der Waals surface area contributed by atoms with E-state index in [1.54, 1.807) is 0 Å². The lowest BCUT2D eigenvalue weighted by Gasteiger charge is -2.31. The summed E-state index contributed by atoms with van der Waals surface area (Å²) in [6, 6.07) is 3.90. The summed E-state index contributed by atoms with van der Waals surface area (Å²) in [7, 11) is 1.86. The van der Waals surface area contributed by atoms with Gasteiger partial charge in [0.05, 0.1) is 0 Å². The molecule has 3 nitrogen and oxygen atoms in total. The first-order valence-corrected chi connectivity index (χ1v) is 4.94. The fraction of sp³-hybridized carbons (Fsp3) is 0.500. The number of nitrogens with one attached hydrogen (secondary N) is 1. The second-order valence-corrected chi connectivity index (χ2v) is 4.56. The van der Waals surface area contributed by atoms with Crippen molar-refractivity contribution < 1.29 is 0 Å². The van der Waals surface area contributed by atoms with Crippen LogP contribution in [-0.4, -0.2) is 7.05 Å². The monoisotopic (exact) mass is 201 g/mol. The lowest BCUT2D eigenvalue weighted by molar-refractivity contribution is 0.344. The van der Waals surface area contributed by atoms with E-state index < -0.39 is 0 Å². The molecule has 0 amide bonds. The number of nitriles is 2. The summed E-state index contributed by atoms with van der Waals surface area (Å²) in [5, 5.41) is 20.8.